The van der Waals surface area contributed by atoms with E-state index in [-0.39, 0.29) is 25.0 Å². The van der Waals surface area contributed by atoms with Crippen LogP contribution in [-0.2, 0) is 28.8 Å². The molecule has 0 bridgehead atoms. The van der Waals surface area contributed by atoms with Crippen molar-refractivity contribution in [1.82, 2.24) is 5.32 Å². The minimum atomic E-state index is -0.397. The second kappa shape index (κ2) is 12.4. The highest BCUT2D eigenvalue weighted by molar-refractivity contribution is 7.17. The molecular weight excluding hydrogens is 476 g/mol. The monoisotopic (exact) mass is 506 g/mol. The van der Waals surface area contributed by atoms with E-state index < -0.39 is 5.97 Å². The fourth-order valence-corrected chi connectivity index (χ4v) is 5.45. The third kappa shape index (κ3) is 6.51. The molecule has 3 aromatic rings. The Bertz CT molecular complexity index is 1200. The predicted molar refractivity (Wildman–Crippen MR) is 140 cm³/mol. The summed E-state index contributed by atoms with van der Waals surface area (Å²) in [5, 5.41) is 6.27. The molecule has 2 amide bonds. The van der Waals surface area contributed by atoms with Crippen LogP contribution in [0.15, 0.2) is 54.6 Å². The summed E-state index contributed by atoms with van der Waals surface area (Å²) in [7, 11) is 0. The Hall–Kier alpha value is -3.65. The fourth-order valence-electron chi connectivity index (χ4n) is 4.15. The van der Waals surface area contributed by atoms with E-state index in [0.717, 1.165) is 48.1 Å². The average molecular weight is 507 g/mol. The maximum Gasteiger partial charge on any atom is 0.341 e. The zero-order chi connectivity index (χ0) is 25.3. The van der Waals surface area contributed by atoms with Crippen molar-refractivity contribution in [2.75, 3.05) is 25.1 Å². The number of rotatable bonds is 10. The molecule has 1 aliphatic carbocycles. The zero-order valence-corrected chi connectivity index (χ0v) is 21.1. The lowest BCUT2D eigenvalue weighted by atomic mass is 9.95. The summed E-state index contributed by atoms with van der Waals surface area (Å²) in [6, 6.07) is 16.6. The standard InChI is InChI=1S/C28H30N2O5S/c1-2-34-28(33)25-22-10-6-7-11-23(22)36-27(25)30-24(31)18-35-21-14-12-20(13-15-21)26(32)29-17-16-19-8-4-3-5-9-19/h3-5,8-9,12-15H,2,6-7,10-11,16-18H2,1H3,(H,29,32)(H,30,31). The summed E-state index contributed by atoms with van der Waals surface area (Å²) < 4.78 is 10.8. The molecule has 0 radical (unpaired) electrons. The molecule has 2 aromatic carbocycles. The van der Waals surface area contributed by atoms with Crippen molar-refractivity contribution in [3.8, 4) is 5.75 Å². The van der Waals surface area contributed by atoms with Gasteiger partial charge in [-0.05, 0) is 74.4 Å². The van der Waals surface area contributed by atoms with Gasteiger partial charge in [0.1, 0.15) is 10.8 Å². The quantitative estimate of drug-likeness (QED) is 0.386. The van der Waals surface area contributed by atoms with Gasteiger partial charge in [0.25, 0.3) is 11.8 Å². The molecular formula is C28H30N2O5S. The minimum absolute atomic E-state index is 0.164. The van der Waals surface area contributed by atoms with Crippen LogP contribution in [0, 0.1) is 0 Å². The molecule has 0 atom stereocenters. The molecule has 0 fully saturated rings. The Labute approximate surface area is 214 Å². The van der Waals surface area contributed by atoms with Gasteiger partial charge in [0.05, 0.1) is 12.2 Å². The number of amides is 2. The van der Waals surface area contributed by atoms with Crippen LogP contribution in [0.5, 0.6) is 5.75 Å². The second-order valence-electron chi connectivity index (χ2n) is 8.49. The fraction of sp³-hybridized carbons (Fsp3) is 0.321. The molecule has 8 heteroatoms. The highest BCUT2D eigenvalue weighted by Gasteiger charge is 2.27. The van der Waals surface area contributed by atoms with Crippen LogP contribution in [0.1, 0.15) is 56.5 Å². The first-order chi connectivity index (χ1) is 17.5. The maximum atomic E-state index is 12.6. The number of anilines is 1. The van der Waals surface area contributed by atoms with Crippen LogP contribution in [0.3, 0.4) is 0 Å². The highest BCUT2D eigenvalue weighted by atomic mass is 32.1. The summed E-state index contributed by atoms with van der Waals surface area (Å²) >= 11 is 1.44. The van der Waals surface area contributed by atoms with Crippen LogP contribution >= 0.6 is 11.3 Å². The number of fused-ring (bicyclic) bond motifs is 1. The first-order valence-electron chi connectivity index (χ1n) is 12.2. The minimum Gasteiger partial charge on any atom is -0.484 e. The van der Waals surface area contributed by atoms with Crippen molar-refractivity contribution < 1.29 is 23.9 Å². The summed E-state index contributed by atoms with van der Waals surface area (Å²) in [5.74, 6) is -0.446. The van der Waals surface area contributed by atoms with E-state index in [4.69, 9.17) is 9.47 Å². The highest BCUT2D eigenvalue weighted by Crippen LogP contribution is 2.38. The Morgan fingerprint density at radius 3 is 2.47 bits per heavy atom. The lowest BCUT2D eigenvalue weighted by Gasteiger charge is -2.12. The smallest absolute Gasteiger partial charge is 0.341 e. The van der Waals surface area contributed by atoms with Crippen molar-refractivity contribution in [3.05, 3.63) is 81.7 Å². The van der Waals surface area contributed by atoms with Gasteiger partial charge in [0.2, 0.25) is 0 Å². The molecule has 0 aliphatic heterocycles. The van der Waals surface area contributed by atoms with Gasteiger partial charge in [-0.25, -0.2) is 4.79 Å². The van der Waals surface area contributed by atoms with Gasteiger partial charge >= 0.3 is 5.97 Å². The van der Waals surface area contributed by atoms with Crippen LogP contribution < -0.4 is 15.4 Å². The largest absolute Gasteiger partial charge is 0.484 e. The van der Waals surface area contributed by atoms with Gasteiger partial charge in [-0.15, -0.1) is 11.3 Å². The van der Waals surface area contributed by atoms with Crippen molar-refractivity contribution in [1.29, 1.82) is 0 Å². The molecule has 1 heterocycles. The van der Waals surface area contributed by atoms with Crippen molar-refractivity contribution in [2.45, 2.75) is 39.0 Å². The SMILES string of the molecule is CCOC(=O)c1c(NC(=O)COc2ccc(C(=O)NCCc3ccccc3)cc2)sc2c1CCCC2. The topological polar surface area (TPSA) is 93.7 Å². The van der Waals surface area contributed by atoms with Crippen LogP contribution in [0.2, 0.25) is 0 Å². The number of ether oxygens (including phenoxy) is 2. The normalized spacial score (nSPS) is 12.4. The lowest BCUT2D eigenvalue weighted by molar-refractivity contribution is -0.118. The number of thiophene rings is 1. The number of hydrogen-bond acceptors (Lipinski definition) is 6. The number of carbonyl (C=O) groups excluding carboxylic acids is 3. The van der Waals surface area contributed by atoms with Gasteiger partial charge in [-0.3, -0.25) is 9.59 Å². The second-order valence-corrected chi connectivity index (χ2v) is 9.59. The molecule has 0 spiro atoms. The number of carbonyl (C=O) groups is 3. The lowest BCUT2D eigenvalue weighted by Crippen LogP contribution is -2.25. The zero-order valence-electron chi connectivity index (χ0n) is 20.3. The van der Waals surface area contributed by atoms with Crippen molar-refractivity contribution >= 4 is 34.1 Å². The molecule has 4 rings (SSSR count). The number of esters is 1. The Morgan fingerprint density at radius 2 is 1.72 bits per heavy atom. The number of hydrogen-bond donors (Lipinski definition) is 2. The maximum absolute atomic E-state index is 12.6. The van der Waals surface area contributed by atoms with E-state index in [9.17, 15) is 14.4 Å². The van der Waals surface area contributed by atoms with E-state index in [1.165, 1.54) is 11.3 Å². The number of nitrogens with one attached hydrogen (secondary N) is 2. The van der Waals surface area contributed by atoms with Crippen molar-refractivity contribution in [3.63, 3.8) is 0 Å². The van der Waals surface area contributed by atoms with E-state index in [1.807, 2.05) is 30.3 Å². The number of aryl methyl sites for hydroxylation is 1. The molecule has 188 valence electrons. The first kappa shape index (κ1) is 25.4. The third-order valence-electron chi connectivity index (χ3n) is 5.93. The van der Waals surface area contributed by atoms with Gasteiger partial charge in [0, 0.05) is 17.0 Å². The average Bonchev–Trinajstić information content (AvgIpc) is 3.26. The summed E-state index contributed by atoms with van der Waals surface area (Å²) in [6.07, 6.45) is 4.58. The van der Waals surface area contributed by atoms with E-state index in [1.54, 1.807) is 31.2 Å². The summed E-state index contributed by atoms with van der Waals surface area (Å²) in [5.41, 5.74) is 3.16. The van der Waals surface area contributed by atoms with Crippen LogP contribution in [0.4, 0.5) is 5.00 Å². The Morgan fingerprint density at radius 1 is 0.972 bits per heavy atom. The summed E-state index contributed by atoms with van der Waals surface area (Å²) in [4.78, 5) is 38.7. The van der Waals surface area contributed by atoms with Gasteiger partial charge in [-0.1, -0.05) is 30.3 Å². The molecule has 1 aliphatic rings. The third-order valence-corrected chi connectivity index (χ3v) is 7.14. The van der Waals surface area contributed by atoms with Gasteiger partial charge < -0.3 is 20.1 Å². The number of benzene rings is 2. The Balaban J connectivity index is 1.29. The summed E-state index contributed by atoms with van der Waals surface area (Å²) in [6.45, 7) is 2.37. The van der Waals surface area contributed by atoms with E-state index in [0.29, 0.717) is 28.4 Å². The molecule has 7 nitrogen and oxygen atoms in total. The predicted octanol–water partition coefficient (Wildman–Crippen LogP) is 4.79. The van der Waals surface area contributed by atoms with E-state index >= 15 is 0 Å². The van der Waals surface area contributed by atoms with Gasteiger partial charge in [0.15, 0.2) is 6.61 Å². The molecule has 36 heavy (non-hydrogen) atoms. The van der Waals surface area contributed by atoms with Gasteiger partial charge in [-0.2, -0.15) is 0 Å². The van der Waals surface area contributed by atoms with E-state index in [2.05, 4.69) is 10.6 Å². The van der Waals surface area contributed by atoms with Crippen LogP contribution in [0.25, 0.3) is 0 Å². The molecule has 2 N–H and O–H groups in total. The Kier molecular flexibility index (Phi) is 8.73. The molecule has 1 aromatic heterocycles. The van der Waals surface area contributed by atoms with Crippen LogP contribution in [-0.4, -0.2) is 37.5 Å². The van der Waals surface area contributed by atoms with Crippen molar-refractivity contribution in [2.24, 2.45) is 0 Å². The first-order valence-corrected chi connectivity index (χ1v) is 13.0. The molecule has 0 unspecified atom stereocenters. The molecule has 0 saturated carbocycles. The molecule has 0 saturated heterocycles.